The molecule has 0 aromatic carbocycles. The normalized spacial score (nSPS) is 8.71. The molecule has 0 unspecified atom stereocenters. The third-order valence-electron chi connectivity index (χ3n) is 1.97. The maximum Gasteiger partial charge on any atom is 0.358 e. The van der Waals surface area contributed by atoms with Crippen LogP contribution in [0.2, 0.25) is 0 Å². The van der Waals surface area contributed by atoms with Crippen LogP contribution in [-0.2, 0) is 23.8 Å². The maximum atomic E-state index is 9.94. The van der Waals surface area contributed by atoms with Gasteiger partial charge in [0.15, 0.2) is 11.4 Å². The number of aromatic carboxylic acids is 2. The summed E-state index contributed by atoms with van der Waals surface area (Å²) in [6, 6.07) is 1.76. The molecule has 129 valence electrons. The molecule has 0 saturated heterocycles. The second-order valence-electron chi connectivity index (χ2n) is 3.51. The molecule has 0 aliphatic carbocycles. The molecule has 1 radical (unpaired) electrons. The Hall–Kier alpha value is -3.09. The van der Waals surface area contributed by atoms with Gasteiger partial charge in [-0.15, -0.1) is 10.2 Å². The number of aromatic nitrogens is 8. The van der Waals surface area contributed by atoms with E-state index < -0.39 is 11.9 Å². The van der Waals surface area contributed by atoms with Crippen LogP contribution in [0.1, 0.15) is 21.0 Å². The van der Waals surface area contributed by atoms with Crippen molar-refractivity contribution in [2.45, 2.75) is 6.73 Å². The summed E-state index contributed by atoms with van der Waals surface area (Å²) in [7, 11) is 0. The van der Waals surface area contributed by atoms with Crippen LogP contribution in [0.4, 0.5) is 0 Å². The third-order valence-corrected chi connectivity index (χ3v) is 1.97. The quantitative estimate of drug-likeness (QED) is 0.346. The SMILES string of the molecule is O=C(O)c1cn[nH]n1.O=C(O)c1cn[nH]n1.OCn1cccn1.[Mn]. The molecule has 0 aliphatic heterocycles. The van der Waals surface area contributed by atoms with Crippen LogP contribution in [0.5, 0.6) is 0 Å². The van der Waals surface area contributed by atoms with Gasteiger partial charge in [-0.3, -0.25) is 0 Å². The number of aliphatic hydroxyl groups excluding tert-OH is 1. The van der Waals surface area contributed by atoms with Gasteiger partial charge in [-0.05, 0) is 6.07 Å². The van der Waals surface area contributed by atoms with Crippen molar-refractivity contribution in [2.24, 2.45) is 0 Å². The summed E-state index contributed by atoms with van der Waals surface area (Å²) in [6.07, 6.45) is 5.60. The monoisotopic (exact) mass is 379 g/mol. The maximum absolute atomic E-state index is 9.94. The van der Waals surface area contributed by atoms with E-state index in [4.69, 9.17) is 15.3 Å². The molecule has 0 aliphatic rings. The van der Waals surface area contributed by atoms with Gasteiger partial charge >= 0.3 is 11.9 Å². The number of carbonyl (C=O) groups is 2. The molecule has 0 atom stereocenters. The molecular weight excluding hydrogens is 367 g/mol. The molecule has 13 nitrogen and oxygen atoms in total. The molecular formula is C10H12MnN8O5. The number of H-pyrrole nitrogens is 2. The van der Waals surface area contributed by atoms with Gasteiger partial charge in [0.25, 0.3) is 0 Å². The Balaban J connectivity index is 0.000000325. The third kappa shape index (κ3) is 7.79. The Morgan fingerprint density at radius 3 is 1.71 bits per heavy atom. The number of aromatic amines is 2. The molecule has 0 saturated carbocycles. The van der Waals surface area contributed by atoms with Crippen LogP contribution < -0.4 is 0 Å². The van der Waals surface area contributed by atoms with E-state index in [0.717, 1.165) is 12.4 Å². The van der Waals surface area contributed by atoms with E-state index in [1.807, 2.05) is 0 Å². The van der Waals surface area contributed by atoms with Gasteiger partial charge in [-0.1, -0.05) is 0 Å². The minimum atomic E-state index is -1.07. The molecule has 14 heteroatoms. The van der Waals surface area contributed by atoms with Crippen molar-refractivity contribution in [1.29, 1.82) is 0 Å². The topological polar surface area (TPSA) is 196 Å². The van der Waals surface area contributed by atoms with E-state index in [1.54, 1.807) is 18.5 Å². The Kier molecular flexibility index (Phi) is 10.00. The van der Waals surface area contributed by atoms with Crippen molar-refractivity contribution in [3.8, 4) is 0 Å². The summed E-state index contributed by atoms with van der Waals surface area (Å²) in [4.78, 5) is 19.9. The number of carboxylic acid groups (broad SMARTS) is 2. The van der Waals surface area contributed by atoms with Crippen LogP contribution in [0.25, 0.3) is 0 Å². The Bertz CT molecular complexity index is 641. The van der Waals surface area contributed by atoms with Crippen LogP contribution in [0.3, 0.4) is 0 Å². The van der Waals surface area contributed by atoms with Crippen molar-refractivity contribution in [3.05, 3.63) is 42.2 Å². The number of rotatable bonds is 3. The number of hydrogen-bond acceptors (Lipinski definition) is 8. The van der Waals surface area contributed by atoms with E-state index in [0.29, 0.717) is 0 Å². The fourth-order valence-electron chi connectivity index (χ4n) is 0.993. The molecule has 0 amide bonds. The van der Waals surface area contributed by atoms with Gasteiger partial charge < -0.3 is 15.3 Å². The number of carboxylic acids is 2. The first-order valence-electron chi connectivity index (χ1n) is 5.81. The number of aliphatic hydroxyl groups is 1. The average Bonchev–Trinajstić information content (AvgIpc) is 3.30. The zero-order valence-corrected chi connectivity index (χ0v) is 13.0. The number of nitrogens with zero attached hydrogens (tertiary/aromatic N) is 6. The van der Waals surface area contributed by atoms with Crippen LogP contribution in [0.15, 0.2) is 30.9 Å². The van der Waals surface area contributed by atoms with Gasteiger partial charge in [0.2, 0.25) is 0 Å². The fraction of sp³-hybridized carbons (Fsp3) is 0.100. The molecule has 3 aromatic heterocycles. The second-order valence-corrected chi connectivity index (χ2v) is 3.51. The Labute approximate surface area is 144 Å². The molecule has 24 heavy (non-hydrogen) atoms. The molecule has 3 heterocycles. The predicted octanol–water partition coefficient (Wildman–Crippen LogP) is -1.16. The Morgan fingerprint density at radius 1 is 1.04 bits per heavy atom. The summed E-state index contributed by atoms with van der Waals surface area (Å²) >= 11 is 0. The van der Waals surface area contributed by atoms with Crippen molar-refractivity contribution in [2.75, 3.05) is 0 Å². The number of hydrogen-bond donors (Lipinski definition) is 5. The Morgan fingerprint density at radius 2 is 1.54 bits per heavy atom. The van der Waals surface area contributed by atoms with E-state index in [1.165, 1.54) is 4.68 Å². The van der Waals surface area contributed by atoms with Gasteiger partial charge in [0, 0.05) is 29.5 Å². The fourth-order valence-corrected chi connectivity index (χ4v) is 0.993. The van der Waals surface area contributed by atoms with Gasteiger partial charge in [0.05, 0.1) is 12.4 Å². The van der Waals surface area contributed by atoms with Crippen molar-refractivity contribution in [3.63, 3.8) is 0 Å². The molecule has 0 bridgehead atoms. The zero-order valence-electron chi connectivity index (χ0n) is 11.8. The summed E-state index contributed by atoms with van der Waals surface area (Å²) in [5.74, 6) is -2.14. The van der Waals surface area contributed by atoms with E-state index in [9.17, 15) is 9.59 Å². The summed E-state index contributed by atoms with van der Waals surface area (Å²) in [5.41, 5.74) is -0.130. The molecule has 0 fully saturated rings. The summed E-state index contributed by atoms with van der Waals surface area (Å²) < 4.78 is 1.43. The first kappa shape index (κ1) is 20.9. The largest absolute Gasteiger partial charge is 0.476 e. The van der Waals surface area contributed by atoms with Gasteiger partial charge in [0.1, 0.15) is 6.73 Å². The first-order valence-corrected chi connectivity index (χ1v) is 5.81. The van der Waals surface area contributed by atoms with Crippen molar-refractivity contribution in [1.82, 2.24) is 40.6 Å². The minimum Gasteiger partial charge on any atom is -0.476 e. The van der Waals surface area contributed by atoms with Crippen molar-refractivity contribution >= 4 is 11.9 Å². The van der Waals surface area contributed by atoms with E-state index in [-0.39, 0.29) is 35.2 Å². The molecule has 3 aromatic rings. The predicted molar refractivity (Wildman–Crippen MR) is 71.1 cm³/mol. The van der Waals surface area contributed by atoms with Gasteiger partial charge in [-0.2, -0.15) is 25.7 Å². The molecule has 5 N–H and O–H groups in total. The summed E-state index contributed by atoms with van der Waals surface area (Å²) in [6.45, 7) is -0.0347. The smallest absolute Gasteiger partial charge is 0.358 e. The average molecular weight is 379 g/mol. The standard InChI is InChI=1S/C4H6N2O.2C3H3N3O2.Mn/c7-4-6-3-1-2-5-6;2*7-3(8)2-1-4-6-5-2;/h1-3,7H,4H2;2*1H,(H,7,8)(H,4,5,6);. The van der Waals surface area contributed by atoms with Crippen molar-refractivity contribution < 1.29 is 42.0 Å². The van der Waals surface area contributed by atoms with Crippen LogP contribution >= 0.6 is 0 Å². The summed E-state index contributed by atoms with van der Waals surface area (Å²) in [5, 5.41) is 45.8. The number of nitrogens with one attached hydrogen (secondary N) is 2. The zero-order chi connectivity index (χ0) is 17.1. The van der Waals surface area contributed by atoms with E-state index in [2.05, 4.69) is 35.9 Å². The van der Waals surface area contributed by atoms with Crippen LogP contribution in [-0.4, -0.2) is 67.9 Å². The van der Waals surface area contributed by atoms with Crippen LogP contribution in [0, 0.1) is 0 Å². The van der Waals surface area contributed by atoms with E-state index >= 15 is 0 Å². The second kappa shape index (κ2) is 11.5. The first-order chi connectivity index (χ1) is 11.0. The minimum absolute atomic E-state index is 0. The van der Waals surface area contributed by atoms with Gasteiger partial charge in [-0.25, -0.2) is 14.3 Å². The molecule has 3 rings (SSSR count). The molecule has 0 spiro atoms.